The Kier molecular flexibility index (Phi) is 3.69. The molecule has 2 rings (SSSR count). The van der Waals surface area contributed by atoms with Crippen LogP contribution in [0.5, 0.6) is 0 Å². The first-order chi connectivity index (χ1) is 8.83. The van der Waals surface area contributed by atoms with Crippen LogP contribution in [0.4, 0.5) is 10.5 Å². The summed E-state index contributed by atoms with van der Waals surface area (Å²) in [5, 5.41) is 3.42. The Hall–Kier alpha value is -1.71. The minimum absolute atomic E-state index is 0.227. The van der Waals surface area contributed by atoms with Gasteiger partial charge in [-0.1, -0.05) is 12.1 Å². The van der Waals surface area contributed by atoms with Crippen molar-refractivity contribution in [1.29, 1.82) is 0 Å². The summed E-state index contributed by atoms with van der Waals surface area (Å²) in [7, 11) is 0. The van der Waals surface area contributed by atoms with Gasteiger partial charge in [-0.15, -0.1) is 0 Å². The second-order valence-corrected chi connectivity index (χ2v) is 6.10. The van der Waals surface area contributed by atoms with Crippen LogP contribution in [-0.2, 0) is 4.74 Å². The van der Waals surface area contributed by atoms with Gasteiger partial charge in [-0.3, -0.25) is 0 Å². The number of carbonyl (C=O) groups is 1. The van der Waals surface area contributed by atoms with Gasteiger partial charge >= 0.3 is 6.09 Å². The van der Waals surface area contributed by atoms with Crippen molar-refractivity contribution >= 4 is 11.8 Å². The van der Waals surface area contributed by atoms with E-state index in [1.165, 1.54) is 5.56 Å². The SMILES string of the molecule is Cc1cccc(NC2CN(C(=O)OC(C)(C)C)C2)c1. The predicted molar refractivity (Wildman–Crippen MR) is 76.4 cm³/mol. The molecule has 0 unspecified atom stereocenters. The Bertz CT molecular complexity index is 459. The van der Waals surface area contributed by atoms with Gasteiger partial charge in [-0.2, -0.15) is 0 Å². The van der Waals surface area contributed by atoms with Gasteiger partial charge < -0.3 is 15.0 Å². The maximum atomic E-state index is 11.8. The molecule has 0 spiro atoms. The third kappa shape index (κ3) is 3.88. The molecule has 1 fully saturated rings. The average Bonchev–Trinajstić information content (AvgIpc) is 2.20. The Morgan fingerprint density at radius 2 is 2.05 bits per heavy atom. The Morgan fingerprint density at radius 1 is 1.37 bits per heavy atom. The summed E-state index contributed by atoms with van der Waals surface area (Å²) >= 11 is 0. The fourth-order valence-electron chi connectivity index (χ4n) is 2.02. The Balaban J connectivity index is 1.79. The molecular weight excluding hydrogens is 240 g/mol. The first-order valence-electron chi connectivity index (χ1n) is 6.64. The number of rotatable bonds is 2. The zero-order valence-corrected chi connectivity index (χ0v) is 12.1. The van der Waals surface area contributed by atoms with Crippen LogP contribution in [0.2, 0.25) is 0 Å². The normalized spacial score (nSPS) is 15.9. The van der Waals surface area contributed by atoms with Crippen molar-refractivity contribution in [2.24, 2.45) is 0 Å². The van der Waals surface area contributed by atoms with Crippen molar-refractivity contribution in [3.63, 3.8) is 0 Å². The maximum Gasteiger partial charge on any atom is 0.410 e. The van der Waals surface area contributed by atoms with Crippen LogP contribution in [0.1, 0.15) is 26.3 Å². The number of nitrogens with zero attached hydrogens (tertiary/aromatic N) is 1. The first-order valence-corrected chi connectivity index (χ1v) is 6.64. The van der Waals surface area contributed by atoms with Crippen molar-refractivity contribution < 1.29 is 9.53 Å². The summed E-state index contributed by atoms with van der Waals surface area (Å²) in [6, 6.07) is 8.56. The van der Waals surface area contributed by atoms with Crippen LogP contribution in [0, 0.1) is 6.92 Å². The molecule has 1 N–H and O–H groups in total. The highest BCUT2D eigenvalue weighted by atomic mass is 16.6. The monoisotopic (exact) mass is 262 g/mol. The lowest BCUT2D eigenvalue weighted by molar-refractivity contribution is 0.0105. The molecule has 19 heavy (non-hydrogen) atoms. The van der Waals surface area contributed by atoms with E-state index in [1.807, 2.05) is 32.9 Å². The van der Waals surface area contributed by atoms with Crippen LogP contribution in [0.3, 0.4) is 0 Å². The number of aryl methyl sites for hydroxylation is 1. The predicted octanol–water partition coefficient (Wildman–Crippen LogP) is 3.03. The number of benzene rings is 1. The van der Waals surface area contributed by atoms with E-state index in [2.05, 4.69) is 24.4 Å². The van der Waals surface area contributed by atoms with E-state index in [0.717, 1.165) is 5.69 Å². The summed E-state index contributed by atoms with van der Waals surface area (Å²) in [6.45, 7) is 9.11. The molecule has 0 saturated carbocycles. The van der Waals surface area contributed by atoms with Crippen molar-refractivity contribution in [2.45, 2.75) is 39.3 Å². The van der Waals surface area contributed by atoms with Crippen molar-refractivity contribution in [1.82, 2.24) is 4.90 Å². The fraction of sp³-hybridized carbons (Fsp3) is 0.533. The number of carbonyl (C=O) groups excluding carboxylic acids is 1. The highest BCUT2D eigenvalue weighted by Gasteiger charge is 2.33. The van der Waals surface area contributed by atoms with Gasteiger partial charge in [0, 0.05) is 18.8 Å². The largest absolute Gasteiger partial charge is 0.444 e. The van der Waals surface area contributed by atoms with Gasteiger partial charge in [0.2, 0.25) is 0 Å². The second kappa shape index (κ2) is 5.11. The number of hydrogen-bond acceptors (Lipinski definition) is 3. The molecule has 0 radical (unpaired) electrons. The van der Waals surface area contributed by atoms with Crippen molar-refractivity contribution in [2.75, 3.05) is 18.4 Å². The molecule has 104 valence electrons. The molecule has 0 bridgehead atoms. The third-order valence-electron chi connectivity index (χ3n) is 2.92. The molecule has 0 aliphatic carbocycles. The highest BCUT2D eigenvalue weighted by Crippen LogP contribution is 2.19. The van der Waals surface area contributed by atoms with E-state index in [4.69, 9.17) is 4.74 Å². The molecule has 0 aromatic heterocycles. The minimum Gasteiger partial charge on any atom is -0.444 e. The number of likely N-dealkylation sites (tertiary alicyclic amines) is 1. The van der Waals surface area contributed by atoms with Crippen molar-refractivity contribution in [3.8, 4) is 0 Å². The van der Waals surface area contributed by atoms with Crippen molar-refractivity contribution in [3.05, 3.63) is 29.8 Å². The van der Waals surface area contributed by atoms with E-state index < -0.39 is 5.60 Å². The number of hydrogen-bond donors (Lipinski definition) is 1. The summed E-state index contributed by atoms with van der Waals surface area (Å²) in [6.07, 6.45) is -0.227. The van der Waals surface area contributed by atoms with Gasteiger partial charge in [0.05, 0.1) is 6.04 Å². The Labute approximate surface area is 114 Å². The lowest BCUT2D eigenvalue weighted by Gasteiger charge is -2.40. The molecule has 1 amide bonds. The minimum atomic E-state index is -0.424. The van der Waals surface area contributed by atoms with Crippen LogP contribution >= 0.6 is 0 Å². The summed E-state index contributed by atoms with van der Waals surface area (Å²) in [4.78, 5) is 13.5. The fourth-order valence-corrected chi connectivity index (χ4v) is 2.02. The Morgan fingerprint density at radius 3 is 2.63 bits per heavy atom. The topological polar surface area (TPSA) is 41.6 Å². The number of ether oxygens (including phenoxy) is 1. The maximum absolute atomic E-state index is 11.8. The lowest BCUT2D eigenvalue weighted by Crippen LogP contribution is -2.57. The summed E-state index contributed by atoms with van der Waals surface area (Å²) in [5.41, 5.74) is 1.91. The molecular formula is C15H22N2O2. The van der Waals surface area contributed by atoms with E-state index in [1.54, 1.807) is 4.90 Å². The summed E-state index contributed by atoms with van der Waals surface area (Å²) < 4.78 is 5.32. The molecule has 1 aromatic rings. The number of amides is 1. The third-order valence-corrected chi connectivity index (χ3v) is 2.92. The summed E-state index contributed by atoms with van der Waals surface area (Å²) in [5.74, 6) is 0. The second-order valence-electron chi connectivity index (χ2n) is 6.10. The lowest BCUT2D eigenvalue weighted by atomic mass is 10.1. The van der Waals surface area contributed by atoms with E-state index in [0.29, 0.717) is 19.1 Å². The quantitative estimate of drug-likeness (QED) is 0.890. The van der Waals surface area contributed by atoms with E-state index >= 15 is 0 Å². The highest BCUT2D eigenvalue weighted by molar-refractivity contribution is 5.69. The molecule has 4 heteroatoms. The first kappa shape index (κ1) is 13.7. The van der Waals surface area contributed by atoms with Crippen LogP contribution in [0.15, 0.2) is 24.3 Å². The zero-order chi connectivity index (χ0) is 14.0. The smallest absolute Gasteiger partial charge is 0.410 e. The van der Waals surface area contributed by atoms with Crippen LogP contribution < -0.4 is 5.32 Å². The molecule has 1 heterocycles. The van der Waals surface area contributed by atoms with E-state index in [-0.39, 0.29) is 6.09 Å². The average molecular weight is 262 g/mol. The van der Waals surface area contributed by atoms with Gasteiger partial charge in [0.15, 0.2) is 0 Å². The van der Waals surface area contributed by atoms with E-state index in [9.17, 15) is 4.79 Å². The zero-order valence-electron chi connectivity index (χ0n) is 12.1. The van der Waals surface area contributed by atoms with Crippen LogP contribution in [0.25, 0.3) is 0 Å². The standard InChI is InChI=1S/C15H22N2O2/c1-11-6-5-7-12(8-11)16-13-9-17(10-13)14(18)19-15(2,3)4/h5-8,13,16H,9-10H2,1-4H3. The molecule has 1 aliphatic heterocycles. The molecule has 1 aliphatic rings. The number of anilines is 1. The molecule has 1 saturated heterocycles. The number of nitrogens with one attached hydrogen (secondary N) is 1. The van der Waals surface area contributed by atoms with Crippen LogP contribution in [-0.4, -0.2) is 35.7 Å². The molecule has 4 nitrogen and oxygen atoms in total. The van der Waals surface area contributed by atoms with Gasteiger partial charge in [-0.05, 0) is 45.4 Å². The van der Waals surface area contributed by atoms with Gasteiger partial charge in [-0.25, -0.2) is 4.79 Å². The van der Waals surface area contributed by atoms with Gasteiger partial charge in [0.25, 0.3) is 0 Å². The molecule has 0 atom stereocenters. The van der Waals surface area contributed by atoms with Gasteiger partial charge in [0.1, 0.15) is 5.60 Å². The molecule has 1 aromatic carbocycles.